The first-order valence-electron chi connectivity index (χ1n) is 8.39. The third kappa shape index (κ3) is 3.97. The Bertz CT molecular complexity index is 731. The molecule has 0 saturated carbocycles. The van der Waals surface area contributed by atoms with Crippen LogP contribution in [0, 0.1) is 0 Å². The maximum absolute atomic E-state index is 12.4. The molecule has 1 aromatic heterocycles. The molecule has 1 amide bonds. The highest BCUT2D eigenvalue weighted by Crippen LogP contribution is 2.32. The number of para-hydroxylation sites is 1. The summed E-state index contributed by atoms with van der Waals surface area (Å²) >= 11 is 0. The van der Waals surface area contributed by atoms with E-state index in [0.717, 1.165) is 30.9 Å². The van der Waals surface area contributed by atoms with E-state index in [0.29, 0.717) is 5.69 Å². The first-order valence-corrected chi connectivity index (χ1v) is 8.39. The quantitative estimate of drug-likeness (QED) is 0.818. The van der Waals surface area contributed by atoms with Gasteiger partial charge in [-0.1, -0.05) is 24.3 Å². The lowest BCUT2D eigenvalue weighted by Crippen LogP contribution is -2.34. The van der Waals surface area contributed by atoms with Crippen molar-refractivity contribution in [3.05, 3.63) is 53.7 Å². The minimum atomic E-state index is -0.471. The summed E-state index contributed by atoms with van der Waals surface area (Å²) in [6.45, 7) is 1.16. The van der Waals surface area contributed by atoms with Crippen molar-refractivity contribution in [2.75, 3.05) is 32.2 Å². The topological polar surface area (TPSA) is 63.7 Å². The number of nitrogens with one attached hydrogen (secondary N) is 1. The fraction of sp³-hybridized carbons (Fsp3) is 0.368. The molecule has 3 rings (SSSR count). The van der Waals surface area contributed by atoms with E-state index in [9.17, 15) is 4.79 Å². The number of carbonyl (C=O) groups excluding carboxylic acids is 1. The Labute approximate surface area is 147 Å². The Morgan fingerprint density at radius 3 is 2.80 bits per heavy atom. The van der Waals surface area contributed by atoms with Crippen molar-refractivity contribution in [1.29, 1.82) is 0 Å². The average Bonchev–Trinajstić information content (AvgIpc) is 2.68. The highest BCUT2D eigenvalue weighted by Gasteiger charge is 2.20. The van der Waals surface area contributed by atoms with Crippen molar-refractivity contribution in [3.8, 4) is 0 Å². The van der Waals surface area contributed by atoms with Crippen LogP contribution in [-0.2, 0) is 15.9 Å². The molecule has 25 heavy (non-hydrogen) atoms. The van der Waals surface area contributed by atoms with Crippen LogP contribution in [0.4, 0.5) is 11.5 Å². The van der Waals surface area contributed by atoms with Crippen molar-refractivity contribution < 1.29 is 14.3 Å². The van der Waals surface area contributed by atoms with E-state index in [1.54, 1.807) is 6.07 Å². The second kappa shape index (κ2) is 8.09. The van der Waals surface area contributed by atoms with Crippen LogP contribution >= 0.6 is 0 Å². The van der Waals surface area contributed by atoms with E-state index in [1.165, 1.54) is 19.8 Å². The molecule has 1 N–H and O–H groups in total. The molecule has 0 atom stereocenters. The molecule has 0 radical (unpaired) electrons. The lowest BCUT2D eigenvalue weighted by molar-refractivity contribution is -0.0974. The number of amides is 1. The molecule has 0 aliphatic carbocycles. The Morgan fingerprint density at radius 1 is 1.20 bits per heavy atom. The number of hydrogen-bond donors (Lipinski definition) is 1. The molecular formula is C19H23N3O3. The summed E-state index contributed by atoms with van der Waals surface area (Å²) in [6.07, 6.45) is 1.67. The van der Waals surface area contributed by atoms with Gasteiger partial charge in [-0.2, -0.15) is 0 Å². The van der Waals surface area contributed by atoms with Gasteiger partial charge < -0.3 is 19.7 Å². The number of rotatable bonds is 6. The number of hydrogen-bond acceptors (Lipinski definition) is 5. The number of fused-ring (bicyclic) bond motifs is 1. The molecule has 6 nitrogen and oxygen atoms in total. The molecule has 2 aromatic rings. The number of methoxy groups -OCH3 is 2. The summed E-state index contributed by atoms with van der Waals surface area (Å²) in [5, 5.41) is 2.78. The minimum absolute atomic E-state index is 0.244. The summed E-state index contributed by atoms with van der Waals surface area (Å²) in [4.78, 5) is 19.1. The fourth-order valence-electron chi connectivity index (χ4n) is 3.00. The van der Waals surface area contributed by atoms with E-state index in [-0.39, 0.29) is 12.5 Å². The maximum Gasteiger partial charge on any atom is 0.270 e. The minimum Gasteiger partial charge on any atom is -0.354 e. The first-order chi connectivity index (χ1) is 12.2. The van der Waals surface area contributed by atoms with Crippen molar-refractivity contribution in [2.24, 2.45) is 0 Å². The van der Waals surface area contributed by atoms with Crippen LogP contribution in [0.3, 0.4) is 0 Å². The third-order valence-corrected chi connectivity index (χ3v) is 4.31. The SMILES string of the molecule is COC(CNC(=O)c1cccc(N2CCCc3ccccc32)n1)OC. The number of pyridine rings is 1. The van der Waals surface area contributed by atoms with Crippen molar-refractivity contribution in [3.63, 3.8) is 0 Å². The average molecular weight is 341 g/mol. The van der Waals surface area contributed by atoms with Crippen LogP contribution < -0.4 is 10.2 Å². The highest BCUT2D eigenvalue weighted by molar-refractivity contribution is 5.92. The Hall–Kier alpha value is -2.44. The predicted octanol–water partition coefficient (Wildman–Crippen LogP) is 2.51. The number of nitrogens with zero attached hydrogens (tertiary/aromatic N) is 2. The zero-order valence-corrected chi connectivity index (χ0v) is 14.6. The van der Waals surface area contributed by atoms with Gasteiger partial charge in [0.15, 0.2) is 6.29 Å². The summed E-state index contributed by atoms with van der Waals surface area (Å²) in [7, 11) is 3.07. The second-order valence-electron chi connectivity index (χ2n) is 5.88. The normalized spacial score (nSPS) is 13.6. The third-order valence-electron chi connectivity index (χ3n) is 4.31. The van der Waals surface area contributed by atoms with E-state index in [4.69, 9.17) is 9.47 Å². The zero-order valence-electron chi connectivity index (χ0n) is 14.6. The van der Waals surface area contributed by atoms with Gasteiger partial charge in [-0.25, -0.2) is 4.98 Å². The number of ether oxygens (including phenoxy) is 2. The number of benzene rings is 1. The lowest BCUT2D eigenvalue weighted by Gasteiger charge is -2.30. The lowest BCUT2D eigenvalue weighted by atomic mass is 10.0. The molecule has 6 heteroatoms. The molecule has 0 unspecified atom stereocenters. The van der Waals surface area contributed by atoms with Gasteiger partial charge in [0.05, 0.1) is 6.54 Å². The van der Waals surface area contributed by atoms with Crippen LogP contribution in [0.5, 0.6) is 0 Å². The Morgan fingerprint density at radius 2 is 2.00 bits per heavy atom. The molecule has 0 spiro atoms. The molecule has 132 valence electrons. The van der Waals surface area contributed by atoms with Gasteiger partial charge in [-0.15, -0.1) is 0 Å². The predicted molar refractivity (Wildman–Crippen MR) is 96.1 cm³/mol. The van der Waals surface area contributed by atoms with Crippen molar-refractivity contribution >= 4 is 17.4 Å². The zero-order chi connectivity index (χ0) is 17.6. The van der Waals surface area contributed by atoms with E-state index in [1.807, 2.05) is 18.2 Å². The summed E-state index contributed by atoms with van der Waals surface area (Å²) < 4.78 is 10.2. The monoisotopic (exact) mass is 341 g/mol. The van der Waals surface area contributed by atoms with Gasteiger partial charge in [0.25, 0.3) is 5.91 Å². The smallest absolute Gasteiger partial charge is 0.270 e. The molecule has 0 fully saturated rings. The summed E-state index contributed by atoms with van der Waals surface area (Å²) in [5.74, 6) is 0.543. The summed E-state index contributed by atoms with van der Waals surface area (Å²) in [5.41, 5.74) is 2.86. The van der Waals surface area contributed by atoms with Gasteiger partial charge in [0, 0.05) is 26.5 Å². The number of anilines is 2. The van der Waals surface area contributed by atoms with E-state index in [2.05, 4.69) is 33.4 Å². The number of aromatic nitrogens is 1. The van der Waals surface area contributed by atoms with Crippen LogP contribution in [0.25, 0.3) is 0 Å². The molecule has 1 aromatic carbocycles. The van der Waals surface area contributed by atoms with Gasteiger partial charge in [0.2, 0.25) is 0 Å². The largest absolute Gasteiger partial charge is 0.354 e. The summed E-state index contributed by atoms with van der Waals surface area (Å²) in [6, 6.07) is 13.8. The maximum atomic E-state index is 12.4. The molecule has 1 aliphatic rings. The standard InChI is InChI=1S/C19H23N3O3/c1-24-18(25-2)13-20-19(23)15-9-5-11-17(21-15)22-12-6-8-14-7-3-4-10-16(14)22/h3-5,7,9-11,18H,6,8,12-13H2,1-2H3,(H,20,23). The Balaban J connectivity index is 1.77. The highest BCUT2D eigenvalue weighted by atomic mass is 16.7. The van der Waals surface area contributed by atoms with Gasteiger partial charge in [-0.3, -0.25) is 4.79 Å². The second-order valence-corrected chi connectivity index (χ2v) is 5.88. The van der Waals surface area contributed by atoms with Gasteiger partial charge in [-0.05, 0) is 36.6 Å². The number of carbonyl (C=O) groups is 1. The first kappa shape index (κ1) is 17.4. The Kier molecular flexibility index (Phi) is 5.63. The van der Waals surface area contributed by atoms with Gasteiger partial charge in [0.1, 0.15) is 11.5 Å². The number of aryl methyl sites for hydroxylation is 1. The molecule has 0 saturated heterocycles. The molecule has 0 bridgehead atoms. The van der Waals surface area contributed by atoms with Gasteiger partial charge >= 0.3 is 0 Å². The van der Waals surface area contributed by atoms with E-state index >= 15 is 0 Å². The van der Waals surface area contributed by atoms with Crippen molar-refractivity contribution in [2.45, 2.75) is 19.1 Å². The van der Waals surface area contributed by atoms with Crippen LogP contribution in [0.1, 0.15) is 22.5 Å². The van der Waals surface area contributed by atoms with Crippen LogP contribution in [-0.4, -0.2) is 44.5 Å². The molecular weight excluding hydrogens is 318 g/mol. The van der Waals surface area contributed by atoms with Crippen molar-refractivity contribution in [1.82, 2.24) is 10.3 Å². The fourth-order valence-corrected chi connectivity index (χ4v) is 3.00. The molecule has 2 heterocycles. The van der Waals surface area contributed by atoms with Crippen LogP contribution in [0.2, 0.25) is 0 Å². The van der Waals surface area contributed by atoms with E-state index < -0.39 is 6.29 Å². The van der Waals surface area contributed by atoms with Crippen LogP contribution in [0.15, 0.2) is 42.5 Å². The molecule has 1 aliphatic heterocycles.